The minimum Gasteiger partial charge on any atom is -0.304 e. The highest BCUT2D eigenvalue weighted by molar-refractivity contribution is 9.10. The minimum absolute atomic E-state index is 0.0912. The third-order valence-corrected chi connectivity index (χ3v) is 3.31. The van der Waals surface area contributed by atoms with Gasteiger partial charge in [-0.1, -0.05) is 0 Å². The Balaban J connectivity index is 2.41. The van der Waals surface area contributed by atoms with Crippen LogP contribution in [-0.2, 0) is 9.59 Å². The maximum atomic E-state index is 13.4. The van der Waals surface area contributed by atoms with E-state index in [1.165, 1.54) is 13.0 Å². The topological polar surface area (TPSA) is 54.5 Å². The number of benzene rings is 1. The first kappa shape index (κ1) is 12.9. The molecule has 1 heterocycles. The second-order valence-electron chi connectivity index (χ2n) is 4.02. The lowest BCUT2D eigenvalue weighted by atomic mass is 10.1. The van der Waals surface area contributed by atoms with Crippen LogP contribution in [0.4, 0.5) is 10.1 Å². The molecule has 0 atom stereocenters. The number of hydrogen-bond donors (Lipinski definition) is 0. The van der Waals surface area contributed by atoms with Crippen molar-refractivity contribution < 1.29 is 18.8 Å². The first-order chi connectivity index (χ1) is 8.41. The first-order valence-electron chi connectivity index (χ1n) is 5.26. The summed E-state index contributed by atoms with van der Waals surface area (Å²) < 4.78 is 13.6. The van der Waals surface area contributed by atoms with Gasteiger partial charge in [0.05, 0.1) is 15.7 Å². The normalized spacial score (nSPS) is 14.1. The molecule has 1 aliphatic heterocycles. The zero-order valence-electron chi connectivity index (χ0n) is 9.50. The number of Topliss-reactive ketones (excluding diaryl/α,β-unsaturated/α-hetero) is 2. The second kappa shape index (κ2) is 4.61. The molecule has 0 saturated heterocycles. The highest BCUT2D eigenvalue weighted by Crippen LogP contribution is 2.33. The summed E-state index contributed by atoms with van der Waals surface area (Å²) in [5.74, 6) is -2.04. The van der Waals surface area contributed by atoms with Gasteiger partial charge in [0.25, 0.3) is 11.7 Å². The van der Waals surface area contributed by atoms with Crippen LogP contribution in [0.2, 0.25) is 0 Å². The molecule has 0 saturated carbocycles. The molecule has 94 valence electrons. The Kier molecular flexibility index (Phi) is 3.30. The van der Waals surface area contributed by atoms with E-state index < -0.39 is 17.5 Å². The van der Waals surface area contributed by atoms with Crippen LogP contribution >= 0.6 is 15.9 Å². The van der Waals surface area contributed by atoms with E-state index in [2.05, 4.69) is 15.9 Å². The highest BCUT2D eigenvalue weighted by atomic mass is 79.9. The summed E-state index contributed by atoms with van der Waals surface area (Å²) in [6.07, 6.45) is 0.135. The van der Waals surface area contributed by atoms with Gasteiger partial charge in [-0.05, 0) is 35.0 Å². The largest absolute Gasteiger partial charge is 0.304 e. The van der Waals surface area contributed by atoms with E-state index in [-0.39, 0.29) is 34.5 Å². The lowest BCUT2D eigenvalue weighted by molar-refractivity contribution is -0.117. The van der Waals surface area contributed by atoms with Crippen molar-refractivity contribution in [3.8, 4) is 0 Å². The Labute approximate surface area is 111 Å². The first-order valence-corrected chi connectivity index (χ1v) is 6.06. The van der Waals surface area contributed by atoms with Crippen LogP contribution in [0, 0.1) is 5.82 Å². The zero-order valence-corrected chi connectivity index (χ0v) is 11.1. The second-order valence-corrected chi connectivity index (χ2v) is 4.88. The SMILES string of the molecule is CC(=O)CCN1C(=O)C(=O)c2cc(Br)c(F)cc21. The Morgan fingerprint density at radius 2 is 2.06 bits per heavy atom. The Bertz CT molecular complexity index is 571. The molecule has 1 amide bonds. The molecule has 0 aromatic heterocycles. The number of carbonyl (C=O) groups excluding carboxylic acids is 3. The average Bonchev–Trinajstić information content (AvgIpc) is 2.51. The Morgan fingerprint density at radius 3 is 2.67 bits per heavy atom. The van der Waals surface area contributed by atoms with Crippen LogP contribution in [0.3, 0.4) is 0 Å². The number of halogens is 2. The van der Waals surface area contributed by atoms with E-state index in [0.717, 1.165) is 11.0 Å². The van der Waals surface area contributed by atoms with Crippen LogP contribution in [0.5, 0.6) is 0 Å². The fourth-order valence-electron chi connectivity index (χ4n) is 1.78. The molecule has 2 rings (SSSR count). The van der Waals surface area contributed by atoms with E-state index in [0.29, 0.717) is 0 Å². The van der Waals surface area contributed by atoms with E-state index in [1.54, 1.807) is 0 Å². The molecule has 1 aliphatic rings. The molecular weight excluding hydrogens is 305 g/mol. The summed E-state index contributed by atoms with van der Waals surface area (Å²) in [6.45, 7) is 1.49. The van der Waals surface area contributed by atoms with Gasteiger partial charge < -0.3 is 4.90 Å². The van der Waals surface area contributed by atoms with Gasteiger partial charge in [0.1, 0.15) is 11.6 Å². The number of carbonyl (C=O) groups is 3. The summed E-state index contributed by atoms with van der Waals surface area (Å²) in [4.78, 5) is 35.5. The van der Waals surface area contributed by atoms with Gasteiger partial charge in [0.2, 0.25) is 0 Å². The van der Waals surface area contributed by atoms with E-state index in [1.807, 2.05) is 0 Å². The molecular formula is C12H9BrFNO3. The maximum absolute atomic E-state index is 13.4. The minimum atomic E-state index is -0.719. The van der Waals surface area contributed by atoms with Crippen molar-refractivity contribution in [2.24, 2.45) is 0 Å². The summed E-state index contributed by atoms with van der Waals surface area (Å²) >= 11 is 2.97. The monoisotopic (exact) mass is 313 g/mol. The van der Waals surface area contributed by atoms with Crippen molar-refractivity contribution in [2.75, 3.05) is 11.4 Å². The lowest BCUT2D eigenvalue weighted by Gasteiger charge is -2.15. The van der Waals surface area contributed by atoms with Crippen LogP contribution in [-0.4, -0.2) is 24.0 Å². The molecule has 0 spiro atoms. The van der Waals surface area contributed by atoms with E-state index >= 15 is 0 Å². The molecule has 0 fully saturated rings. The lowest BCUT2D eigenvalue weighted by Crippen LogP contribution is -2.31. The summed E-state index contributed by atoms with van der Waals surface area (Å²) in [6, 6.07) is 2.42. The number of rotatable bonds is 3. The third kappa shape index (κ3) is 2.08. The molecule has 0 radical (unpaired) electrons. The van der Waals surface area contributed by atoms with Gasteiger partial charge in [-0.25, -0.2) is 4.39 Å². The number of amides is 1. The van der Waals surface area contributed by atoms with Crippen LogP contribution in [0.15, 0.2) is 16.6 Å². The van der Waals surface area contributed by atoms with Crippen molar-refractivity contribution >= 4 is 39.1 Å². The van der Waals surface area contributed by atoms with Gasteiger partial charge in [-0.3, -0.25) is 14.4 Å². The average molecular weight is 314 g/mol. The van der Waals surface area contributed by atoms with E-state index in [4.69, 9.17) is 0 Å². The van der Waals surface area contributed by atoms with Crippen molar-refractivity contribution in [1.82, 2.24) is 0 Å². The van der Waals surface area contributed by atoms with Gasteiger partial charge in [0, 0.05) is 13.0 Å². The van der Waals surface area contributed by atoms with Crippen molar-refractivity contribution in [2.45, 2.75) is 13.3 Å². The standard InChI is InChI=1S/C12H9BrFNO3/c1-6(16)2-3-15-10-5-9(14)8(13)4-7(10)11(17)12(15)18/h4-5H,2-3H2,1H3. The molecule has 0 N–H and O–H groups in total. The summed E-state index contributed by atoms with van der Waals surface area (Å²) in [5, 5.41) is 0. The van der Waals surface area contributed by atoms with Crippen molar-refractivity contribution in [1.29, 1.82) is 0 Å². The number of fused-ring (bicyclic) bond motifs is 1. The zero-order chi connectivity index (χ0) is 13.4. The third-order valence-electron chi connectivity index (χ3n) is 2.70. The molecule has 4 nitrogen and oxygen atoms in total. The number of anilines is 1. The molecule has 0 aliphatic carbocycles. The van der Waals surface area contributed by atoms with Crippen molar-refractivity contribution in [3.05, 3.63) is 28.0 Å². The number of hydrogen-bond acceptors (Lipinski definition) is 3. The van der Waals surface area contributed by atoms with Gasteiger partial charge in [0.15, 0.2) is 0 Å². The molecule has 1 aromatic carbocycles. The fourth-order valence-corrected chi connectivity index (χ4v) is 2.12. The Morgan fingerprint density at radius 1 is 1.39 bits per heavy atom. The molecule has 0 bridgehead atoms. The molecule has 6 heteroatoms. The van der Waals surface area contributed by atoms with Crippen LogP contribution in [0.25, 0.3) is 0 Å². The predicted molar refractivity (Wildman–Crippen MR) is 66.1 cm³/mol. The van der Waals surface area contributed by atoms with Crippen LogP contribution in [0.1, 0.15) is 23.7 Å². The fraction of sp³-hybridized carbons (Fsp3) is 0.250. The predicted octanol–water partition coefficient (Wildman–Crippen LogP) is 2.10. The van der Waals surface area contributed by atoms with Gasteiger partial charge >= 0.3 is 0 Å². The number of ketones is 2. The number of nitrogens with zero attached hydrogens (tertiary/aromatic N) is 1. The summed E-state index contributed by atoms with van der Waals surface area (Å²) in [7, 11) is 0. The van der Waals surface area contributed by atoms with Crippen molar-refractivity contribution in [3.63, 3.8) is 0 Å². The molecule has 0 unspecified atom stereocenters. The smallest absolute Gasteiger partial charge is 0.299 e. The Hall–Kier alpha value is -1.56. The van der Waals surface area contributed by atoms with E-state index in [9.17, 15) is 18.8 Å². The van der Waals surface area contributed by atoms with Gasteiger partial charge in [-0.2, -0.15) is 0 Å². The maximum Gasteiger partial charge on any atom is 0.299 e. The highest BCUT2D eigenvalue weighted by Gasteiger charge is 2.36. The van der Waals surface area contributed by atoms with Gasteiger partial charge in [-0.15, -0.1) is 0 Å². The molecule has 18 heavy (non-hydrogen) atoms. The quantitative estimate of drug-likeness (QED) is 0.803. The molecule has 1 aromatic rings. The van der Waals surface area contributed by atoms with Crippen LogP contribution < -0.4 is 4.90 Å². The summed E-state index contributed by atoms with van der Waals surface area (Å²) in [5.41, 5.74) is 0.392.